The molecule has 5 heterocycles. The van der Waals surface area contributed by atoms with E-state index in [-0.39, 0.29) is 54.7 Å². The molecular formula is C51H52N8O10S. The Balaban J connectivity index is 0.645. The van der Waals surface area contributed by atoms with Crippen LogP contribution in [0.15, 0.2) is 103 Å². The second-order valence-electron chi connectivity index (χ2n) is 17.0. The number of hydrogen-bond acceptors (Lipinski definition) is 14. The van der Waals surface area contributed by atoms with Gasteiger partial charge in [-0.15, -0.1) is 11.3 Å². The highest BCUT2D eigenvalue weighted by atomic mass is 32.1. The molecule has 0 bridgehead atoms. The molecule has 3 N–H and O–H groups in total. The average Bonchev–Trinajstić information content (AvgIpc) is 4.08. The molecule has 4 aromatic carbocycles. The van der Waals surface area contributed by atoms with Gasteiger partial charge in [0.05, 0.1) is 57.2 Å². The van der Waals surface area contributed by atoms with E-state index in [4.69, 9.17) is 14.2 Å². The summed E-state index contributed by atoms with van der Waals surface area (Å²) in [7, 11) is 0. The fourth-order valence-electron chi connectivity index (χ4n) is 9.14. The molecular weight excluding hydrogens is 917 g/mol. The number of aromatic nitrogens is 1. The Labute approximate surface area is 407 Å². The lowest BCUT2D eigenvalue weighted by atomic mass is 10.00. The molecule has 0 saturated carbocycles. The van der Waals surface area contributed by atoms with E-state index in [2.05, 4.69) is 38.0 Å². The Hall–Kier alpha value is -7.32. The number of thiazole rings is 1. The number of nitrogens with one attached hydrogen (secondary N) is 3. The van der Waals surface area contributed by atoms with Crippen molar-refractivity contribution in [2.24, 2.45) is 0 Å². The third-order valence-electron chi connectivity index (χ3n) is 12.7. The van der Waals surface area contributed by atoms with Crippen molar-refractivity contribution >= 4 is 69.2 Å². The van der Waals surface area contributed by atoms with Gasteiger partial charge in [-0.1, -0.05) is 60.7 Å². The van der Waals surface area contributed by atoms with Crippen molar-refractivity contribution < 1.29 is 47.8 Å². The van der Waals surface area contributed by atoms with Crippen molar-refractivity contribution in [2.75, 3.05) is 87.9 Å². The predicted octanol–water partition coefficient (Wildman–Crippen LogP) is 4.75. The smallest absolute Gasteiger partial charge is 0.264 e. The maximum absolute atomic E-state index is 14.0. The summed E-state index contributed by atoms with van der Waals surface area (Å²) in [4.78, 5) is 102. The number of piperidine rings is 1. The lowest BCUT2D eigenvalue weighted by molar-refractivity contribution is -0.136. The fourth-order valence-corrected chi connectivity index (χ4v) is 9.67. The fraction of sp³-hybridized carbons (Fsp3) is 0.333. The molecule has 7 amide bonds. The van der Waals surface area contributed by atoms with Gasteiger partial charge in [0.1, 0.15) is 12.1 Å². The van der Waals surface area contributed by atoms with E-state index in [0.717, 1.165) is 32.8 Å². The number of benzene rings is 4. The van der Waals surface area contributed by atoms with Gasteiger partial charge in [-0.3, -0.25) is 49.1 Å². The van der Waals surface area contributed by atoms with Crippen LogP contribution in [0.25, 0.3) is 11.1 Å². The highest BCUT2D eigenvalue weighted by Crippen LogP contribution is 2.36. The highest BCUT2D eigenvalue weighted by Gasteiger charge is 2.45. The summed E-state index contributed by atoms with van der Waals surface area (Å²) < 4.78 is 16.9. The maximum atomic E-state index is 14.0. The molecule has 2 unspecified atom stereocenters. The second-order valence-corrected chi connectivity index (χ2v) is 17.9. The largest absolute Gasteiger partial charge is 0.382 e. The summed E-state index contributed by atoms with van der Waals surface area (Å²) in [5.74, 6) is -2.70. The Bertz CT molecular complexity index is 2750. The van der Waals surface area contributed by atoms with Crippen molar-refractivity contribution in [3.8, 4) is 11.1 Å². The zero-order chi connectivity index (χ0) is 48.6. The normalized spacial score (nSPS) is 17.1. The Morgan fingerprint density at radius 2 is 1.49 bits per heavy atom. The summed E-state index contributed by atoms with van der Waals surface area (Å²) >= 11 is 1.32. The summed E-state index contributed by atoms with van der Waals surface area (Å²) in [6.07, 6.45) is 2.04. The summed E-state index contributed by atoms with van der Waals surface area (Å²) in [5, 5.41) is 10.5. The quantitative estimate of drug-likeness (QED) is 0.0712. The molecule has 18 nitrogen and oxygen atoms in total. The number of piperazine rings is 1. The van der Waals surface area contributed by atoms with Gasteiger partial charge in [0.2, 0.25) is 17.7 Å². The van der Waals surface area contributed by atoms with Crippen LogP contribution in [0.2, 0.25) is 0 Å². The first-order valence-corrected chi connectivity index (χ1v) is 24.2. The number of nitrogens with zero attached hydrogens (tertiary/aromatic N) is 5. The van der Waals surface area contributed by atoms with Crippen LogP contribution in [0.5, 0.6) is 0 Å². The lowest BCUT2D eigenvalue weighted by Crippen LogP contribution is -2.54. The SMILES string of the molecule is O=C1CCC(N2C(=O)c3cccc(NCCOCCOCCOCCC(=O)N4CCN(c5ccc(-c6ccc7c(c6)C(=O)N(C(C(=O)Nc6nccs6)c6ccccc6)C7)cc5)CC4)c3C2=O)C(=O)N1. The van der Waals surface area contributed by atoms with Crippen molar-refractivity contribution in [1.82, 2.24) is 25.0 Å². The summed E-state index contributed by atoms with van der Waals surface area (Å²) in [6.45, 7) is 5.20. The molecule has 5 aromatic rings. The number of rotatable bonds is 20. The van der Waals surface area contributed by atoms with Gasteiger partial charge in [-0.05, 0) is 59.0 Å². The lowest BCUT2D eigenvalue weighted by Gasteiger charge is -2.36. The minimum atomic E-state index is -1.03. The predicted molar refractivity (Wildman–Crippen MR) is 259 cm³/mol. The van der Waals surface area contributed by atoms with Gasteiger partial charge < -0.3 is 34.2 Å². The molecule has 0 spiro atoms. The molecule has 1 aromatic heterocycles. The van der Waals surface area contributed by atoms with Crippen LogP contribution in [0.3, 0.4) is 0 Å². The molecule has 19 heteroatoms. The van der Waals surface area contributed by atoms with E-state index >= 15 is 0 Å². The van der Waals surface area contributed by atoms with Gasteiger partial charge in [0, 0.05) is 74.2 Å². The molecule has 0 aliphatic carbocycles. The molecule has 4 aliphatic heterocycles. The minimum absolute atomic E-state index is 0.0425. The standard InChI is InChI=1S/C51H52N8O10S/c60-42-16-15-41(46(62)54-42)59-49(65)38-7-4-8-40(44(38)50(59)66)52-18-25-68-27-29-69-28-26-67-24-17-43(61)57-22-20-56(21-23-57)37-13-11-33(12-14-37)35-9-10-36-32-58(48(64)39(36)31-35)45(34-5-2-1-3-6-34)47(63)55-51-53-19-30-70-51/h1-14,19,30-31,41,45,52H,15-18,20-29,32H2,(H,53,55,63)(H,54,60,62). The molecule has 2 atom stereocenters. The van der Waals surface area contributed by atoms with Gasteiger partial charge in [-0.2, -0.15) is 0 Å². The second kappa shape index (κ2) is 22.0. The first-order chi connectivity index (χ1) is 34.1. The van der Waals surface area contributed by atoms with Crippen LogP contribution in [-0.2, 0) is 39.9 Å². The average molecular weight is 969 g/mol. The number of carbonyl (C=O) groups excluding carboxylic acids is 7. The minimum Gasteiger partial charge on any atom is -0.382 e. The van der Waals surface area contributed by atoms with Crippen LogP contribution in [-0.4, -0.2) is 139 Å². The van der Waals surface area contributed by atoms with E-state index in [1.54, 1.807) is 34.7 Å². The number of amides is 7. The van der Waals surface area contributed by atoms with Gasteiger partial charge in [0.25, 0.3) is 23.6 Å². The first kappa shape index (κ1) is 47.7. The monoisotopic (exact) mass is 968 g/mol. The van der Waals surface area contributed by atoms with Crippen molar-refractivity contribution in [3.63, 3.8) is 0 Å². The number of ether oxygens (including phenoxy) is 3. The molecule has 9 rings (SSSR count). The number of fused-ring (bicyclic) bond motifs is 2. The first-order valence-electron chi connectivity index (χ1n) is 23.3. The highest BCUT2D eigenvalue weighted by molar-refractivity contribution is 7.13. The third kappa shape index (κ3) is 10.6. The summed E-state index contributed by atoms with van der Waals surface area (Å²) in [6, 6.07) is 26.4. The molecule has 4 aliphatic rings. The molecule has 70 heavy (non-hydrogen) atoms. The zero-order valence-electron chi connectivity index (χ0n) is 38.3. The van der Waals surface area contributed by atoms with Crippen LogP contribution < -0.4 is 20.9 Å². The van der Waals surface area contributed by atoms with Crippen LogP contribution in [0, 0.1) is 0 Å². The van der Waals surface area contributed by atoms with Gasteiger partial charge in [0.15, 0.2) is 5.13 Å². The van der Waals surface area contributed by atoms with Crippen LogP contribution in [0.1, 0.15) is 67.5 Å². The summed E-state index contributed by atoms with van der Waals surface area (Å²) in [5.41, 5.74) is 5.94. The van der Waals surface area contributed by atoms with Crippen LogP contribution in [0.4, 0.5) is 16.5 Å². The molecule has 0 radical (unpaired) electrons. The van der Waals surface area contributed by atoms with E-state index in [9.17, 15) is 33.6 Å². The van der Waals surface area contributed by atoms with E-state index in [1.807, 2.05) is 65.6 Å². The number of anilines is 3. The van der Waals surface area contributed by atoms with Crippen molar-refractivity contribution in [3.05, 3.63) is 130 Å². The number of carbonyl (C=O) groups is 7. The Morgan fingerprint density at radius 1 is 0.757 bits per heavy atom. The van der Waals surface area contributed by atoms with Crippen LogP contribution >= 0.6 is 11.3 Å². The number of hydrogen-bond donors (Lipinski definition) is 3. The third-order valence-corrected chi connectivity index (χ3v) is 13.4. The van der Waals surface area contributed by atoms with E-state index in [0.29, 0.717) is 88.7 Å². The van der Waals surface area contributed by atoms with Gasteiger partial charge in [-0.25, -0.2) is 4.98 Å². The van der Waals surface area contributed by atoms with Crippen molar-refractivity contribution in [2.45, 2.75) is 37.9 Å². The topological polar surface area (TPSA) is 209 Å². The molecule has 2 fully saturated rings. The Morgan fingerprint density at radius 3 is 2.21 bits per heavy atom. The molecule has 2 saturated heterocycles. The number of imide groups is 2. The van der Waals surface area contributed by atoms with Crippen molar-refractivity contribution in [1.29, 1.82) is 0 Å². The Kier molecular flexibility index (Phi) is 15.0. The molecule has 362 valence electrons. The maximum Gasteiger partial charge on any atom is 0.264 e. The van der Waals surface area contributed by atoms with E-state index in [1.165, 1.54) is 11.3 Å². The van der Waals surface area contributed by atoms with E-state index < -0.39 is 35.7 Å². The zero-order valence-corrected chi connectivity index (χ0v) is 39.1. The van der Waals surface area contributed by atoms with Gasteiger partial charge >= 0.3 is 0 Å².